The van der Waals surface area contributed by atoms with Crippen LogP contribution in [0, 0.1) is 5.92 Å². The molecule has 0 aliphatic heterocycles. The number of carbonyl (C=O) groups is 1. The monoisotopic (exact) mass is 387 g/mol. The van der Waals surface area contributed by atoms with Gasteiger partial charge in [-0.15, -0.1) is 0 Å². The quantitative estimate of drug-likeness (QED) is 0.708. The normalized spacial score (nSPS) is 23.2. The Hall–Kier alpha value is -0.350. The zero-order valence-electron chi connectivity index (χ0n) is 11.3. The minimum atomic E-state index is 0.113. The van der Waals surface area contributed by atoms with Gasteiger partial charge in [0.2, 0.25) is 0 Å². The van der Waals surface area contributed by atoms with Crippen molar-refractivity contribution < 1.29 is 4.79 Å². The molecule has 1 aromatic carbocycles. The molecule has 0 N–H and O–H groups in total. The third-order valence-corrected chi connectivity index (χ3v) is 4.88. The highest BCUT2D eigenvalue weighted by Crippen LogP contribution is 2.28. The van der Waals surface area contributed by atoms with Crippen molar-refractivity contribution in [1.29, 1.82) is 0 Å². The number of nitrogens with zero attached hydrogens (tertiary/aromatic N) is 1. The largest absolute Gasteiger partial charge is 0.339 e. The van der Waals surface area contributed by atoms with E-state index >= 15 is 0 Å². The highest BCUT2D eigenvalue weighted by molar-refractivity contribution is 9.11. The standard InChI is InChI=1S/C15H19Br2NO/c1-10-3-5-14(6-4-10)18(2)15(19)11-7-12(16)9-13(17)8-11/h7-10,14H,3-6H2,1-2H3. The molecule has 0 atom stereocenters. The van der Waals surface area contributed by atoms with Gasteiger partial charge in [-0.3, -0.25) is 4.79 Å². The summed E-state index contributed by atoms with van der Waals surface area (Å²) in [4.78, 5) is 14.4. The Balaban J connectivity index is 2.10. The number of rotatable bonds is 2. The Labute approximate surface area is 131 Å². The van der Waals surface area contributed by atoms with Crippen LogP contribution in [0.2, 0.25) is 0 Å². The average Bonchev–Trinajstić information content (AvgIpc) is 2.37. The van der Waals surface area contributed by atoms with E-state index < -0.39 is 0 Å². The van der Waals surface area contributed by atoms with E-state index in [1.54, 1.807) is 0 Å². The number of hydrogen-bond acceptors (Lipinski definition) is 1. The molecule has 4 heteroatoms. The molecule has 19 heavy (non-hydrogen) atoms. The maximum atomic E-state index is 12.5. The predicted molar refractivity (Wildman–Crippen MR) is 85.4 cm³/mol. The smallest absolute Gasteiger partial charge is 0.253 e. The van der Waals surface area contributed by atoms with E-state index in [-0.39, 0.29) is 5.91 Å². The molecule has 1 saturated carbocycles. The number of carbonyl (C=O) groups excluding carboxylic acids is 1. The molecule has 1 fully saturated rings. The van der Waals surface area contributed by atoms with Crippen LogP contribution in [0.3, 0.4) is 0 Å². The van der Waals surface area contributed by atoms with Gasteiger partial charge in [0.05, 0.1) is 0 Å². The van der Waals surface area contributed by atoms with Gasteiger partial charge >= 0.3 is 0 Å². The first-order valence-electron chi connectivity index (χ1n) is 6.70. The summed E-state index contributed by atoms with van der Waals surface area (Å²) in [5, 5.41) is 0. The zero-order chi connectivity index (χ0) is 14.0. The minimum absolute atomic E-state index is 0.113. The fourth-order valence-corrected chi connectivity index (χ4v) is 3.97. The van der Waals surface area contributed by atoms with E-state index in [1.165, 1.54) is 12.8 Å². The van der Waals surface area contributed by atoms with Crippen molar-refractivity contribution in [3.63, 3.8) is 0 Å². The van der Waals surface area contributed by atoms with Crippen molar-refractivity contribution in [2.45, 2.75) is 38.6 Å². The molecule has 0 aromatic heterocycles. The second-order valence-electron chi connectivity index (χ2n) is 5.49. The fraction of sp³-hybridized carbons (Fsp3) is 0.533. The van der Waals surface area contributed by atoms with Gasteiger partial charge in [0.15, 0.2) is 0 Å². The van der Waals surface area contributed by atoms with Gasteiger partial charge in [0.1, 0.15) is 0 Å². The Bertz CT molecular complexity index is 447. The Morgan fingerprint density at radius 2 is 1.63 bits per heavy atom. The Morgan fingerprint density at radius 1 is 1.11 bits per heavy atom. The van der Waals surface area contributed by atoms with Crippen molar-refractivity contribution >= 4 is 37.8 Å². The maximum Gasteiger partial charge on any atom is 0.253 e. The van der Waals surface area contributed by atoms with Crippen molar-refractivity contribution in [3.05, 3.63) is 32.7 Å². The van der Waals surface area contributed by atoms with Gasteiger partial charge in [-0.2, -0.15) is 0 Å². The second kappa shape index (κ2) is 6.40. The molecule has 2 nitrogen and oxygen atoms in total. The summed E-state index contributed by atoms with van der Waals surface area (Å²) in [6.07, 6.45) is 4.70. The van der Waals surface area contributed by atoms with E-state index in [1.807, 2.05) is 30.1 Å². The molecule has 0 heterocycles. The summed E-state index contributed by atoms with van der Waals surface area (Å²) in [7, 11) is 1.93. The van der Waals surface area contributed by atoms with Gasteiger partial charge in [-0.1, -0.05) is 38.8 Å². The molecule has 0 saturated heterocycles. The predicted octanol–water partition coefficient (Wildman–Crippen LogP) is 4.86. The van der Waals surface area contributed by atoms with Gasteiger partial charge in [0.25, 0.3) is 5.91 Å². The molecule has 0 unspecified atom stereocenters. The summed E-state index contributed by atoms with van der Waals surface area (Å²) in [6, 6.07) is 6.10. The molecule has 104 valence electrons. The van der Waals surface area contributed by atoms with Crippen LogP contribution in [0.15, 0.2) is 27.1 Å². The van der Waals surface area contributed by atoms with Crippen molar-refractivity contribution in [2.24, 2.45) is 5.92 Å². The molecule has 0 bridgehead atoms. The van der Waals surface area contributed by atoms with Crippen LogP contribution in [-0.4, -0.2) is 23.9 Å². The van der Waals surface area contributed by atoms with Crippen molar-refractivity contribution in [2.75, 3.05) is 7.05 Å². The van der Waals surface area contributed by atoms with E-state index in [0.717, 1.165) is 33.3 Å². The molecule has 1 aliphatic carbocycles. The van der Waals surface area contributed by atoms with Crippen molar-refractivity contribution in [1.82, 2.24) is 4.90 Å². The molecule has 2 rings (SSSR count). The summed E-state index contributed by atoms with van der Waals surface area (Å²) in [5.41, 5.74) is 0.738. The first-order chi connectivity index (χ1) is 8.97. The number of hydrogen-bond donors (Lipinski definition) is 0. The van der Waals surface area contributed by atoms with Gasteiger partial charge in [-0.25, -0.2) is 0 Å². The highest BCUT2D eigenvalue weighted by atomic mass is 79.9. The fourth-order valence-electron chi connectivity index (χ4n) is 2.68. The molecule has 1 aliphatic rings. The first kappa shape index (κ1) is 15.0. The summed E-state index contributed by atoms with van der Waals surface area (Å²) in [6.45, 7) is 2.30. The van der Waals surface area contributed by atoms with Gasteiger partial charge < -0.3 is 4.90 Å². The van der Waals surface area contributed by atoms with Gasteiger partial charge in [0, 0.05) is 27.6 Å². The third-order valence-electron chi connectivity index (χ3n) is 3.96. The van der Waals surface area contributed by atoms with Crippen LogP contribution >= 0.6 is 31.9 Å². The van der Waals surface area contributed by atoms with Crippen LogP contribution in [0.5, 0.6) is 0 Å². The molecule has 0 spiro atoms. The Kier molecular flexibility index (Phi) is 5.07. The molecular formula is C15H19Br2NO. The zero-order valence-corrected chi connectivity index (χ0v) is 14.5. The van der Waals surface area contributed by atoms with Crippen molar-refractivity contribution in [3.8, 4) is 0 Å². The summed E-state index contributed by atoms with van der Waals surface area (Å²) >= 11 is 6.87. The van der Waals surface area contributed by atoms with Gasteiger partial charge in [-0.05, 0) is 49.8 Å². The third kappa shape index (κ3) is 3.82. The molecule has 1 aromatic rings. The number of benzene rings is 1. The lowest BCUT2D eigenvalue weighted by molar-refractivity contribution is 0.0679. The van der Waals surface area contributed by atoms with Crippen LogP contribution in [-0.2, 0) is 0 Å². The van der Waals surface area contributed by atoms with E-state index in [9.17, 15) is 4.79 Å². The average molecular weight is 389 g/mol. The van der Waals surface area contributed by atoms with Crippen LogP contribution in [0.1, 0.15) is 43.0 Å². The summed E-state index contributed by atoms with van der Waals surface area (Å²) in [5.74, 6) is 0.918. The highest BCUT2D eigenvalue weighted by Gasteiger charge is 2.25. The molecule has 1 amide bonds. The minimum Gasteiger partial charge on any atom is -0.339 e. The SMILES string of the molecule is CC1CCC(N(C)C(=O)c2cc(Br)cc(Br)c2)CC1. The molecule has 0 radical (unpaired) electrons. The van der Waals surface area contributed by atoms with Crippen LogP contribution in [0.25, 0.3) is 0 Å². The topological polar surface area (TPSA) is 20.3 Å². The summed E-state index contributed by atoms with van der Waals surface area (Å²) < 4.78 is 1.85. The van der Waals surface area contributed by atoms with E-state index in [4.69, 9.17) is 0 Å². The lowest BCUT2D eigenvalue weighted by Gasteiger charge is -2.33. The lowest BCUT2D eigenvalue weighted by atomic mass is 9.86. The molecular weight excluding hydrogens is 370 g/mol. The van der Waals surface area contributed by atoms with Crippen LogP contribution in [0.4, 0.5) is 0 Å². The number of halogens is 2. The lowest BCUT2D eigenvalue weighted by Crippen LogP contribution is -2.39. The second-order valence-corrected chi connectivity index (χ2v) is 7.32. The van der Waals surface area contributed by atoms with E-state index in [2.05, 4.69) is 38.8 Å². The Morgan fingerprint density at radius 3 is 2.16 bits per heavy atom. The number of amides is 1. The first-order valence-corrected chi connectivity index (χ1v) is 8.29. The van der Waals surface area contributed by atoms with Crippen LogP contribution < -0.4 is 0 Å². The van der Waals surface area contributed by atoms with E-state index in [0.29, 0.717) is 6.04 Å². The maximum absolute atomic E-state index is 12.5.